The summed E-state index contributed by atoms with van der Waals surface area (Å²) in [7, 11) is 0. The standard InChI is InChI=1S/C21H29N5O3/c1-4-22-21(24-15-17-7-8-19(23-14-17)29-16(2)3)26-11-9-25(10-12-26)20(27)18-6-5-13-28-18/h5-8,13-14,16H,4,9-12,15H2,1-3H3,(H,22,24). The number of carbonyl (C=O) groups is 1. The molecule has 0 bridgehead atoms. The summed E-state index contributed by atoms with van der Waals surface area (Å²) in [5.74, 6) is 1.79. The minimum atomic E-state index is -0.0635. The lowest BCUT2D eigenvalue weighted by Crippen LogP contribution is -2.53. The molecule has 2 aromatic rings. The van der Waals surface area contributed by atoms with Gasteiger partial charge in [0.2, 0.25) is 5.88 Å². The number of rotatable bonds is 6. The van der Waals surface area contributed by atoms with Gasteiger partial charge in [0.25, 0.3) is 5.91 Å². The molecule has 0 saturated carbocycles. The van der Waals surface area contributed by atoms with Gasteiger partial charge in [0.05, 0.1) is 18.9 Å². The van der Waals surface area contributed by atoms with Crippen LogP contribution in [0.25, 0.3) is 0 Å². The fourth-order valence-electron chi connectivity index (χ4n) is 3.09. The first-order valence-electron chi connectivity index (χ1n) is 10.0. The minimum Gasteiger partial charge on any atom is -0.475 e. The van der Waals surface area contributed by atoms with E-state index in [9.17, 15) is 4.79 Å². The highest BCUT2D eigenvalue weighted by Gasteiger charge is 2.25. The normalized spacial score (nSPS) is 15.0. The number of hydrogen-bond acceptors (Lipinski definition) is 5. The smallest absolute Gasteiger partial charge is 0.289 e. The molecule has 0 aliphatic carbocycles. The fraction of sp³-hybridized carbons (Fsp3) is 0.476. The average Bonchev–Trinajstić information content (AvgIpc) is 3.26. The number of guanidine groups is 1. The van der Waals surface area contributed by atoms with Crippen molar-refractivity contribution >= 4 is 11.9 Å². The van der Waals surface area contributed by atoms with Gasteiger partial charge >= 0.3 is 0 Å². The van der Waals surface area contributed by atoms with E-state index in [0.717, 1.165) is 31.2 Å². The van der Waals surface area contributed by atoms with E-state index < -0.39 is 0 Å². The highest BCUT2D eigenvalue weighted by molar-refractivity contribution is 5.91. The molecule has 8 heteroatoms. The number of furan rings is 1. The van der Waals surface area contributed by atoms with E-state index in [-0.39, 0.29) is 12.0 Å². The van der Waals surface area contributed by atoms with Crippen molar-refractivity contribution in [3.8, 4) is 5.88 Å². The molecule has 3 rings (SSSR count). The molecule has 1 aliphatic heterocycles. The summed E-state index contributed by atoms with van der Waals surface area (Å²) in [6.45, 7) is 10.0. The highest BCUT2D eigenvalue weighted by Crippen LogP contribution is 2.12. The van der Waals surface area contributed by atoms with Crippen LogP contribution >= 0.6 is 0 Å². The van der Waals surface area contributed by atoms with E-state index in [2.05, 4.69) is 15.2 Å². The lowest BCUT2D eigenvalue weighted by molar-refractivity contribution is 0.0657. The van der Waals surface area contributed by atoms with Crippen LogP contribution in [0.2, 0.25) is 0 Å². The van der Waals surface area contributed by atoms with E-state index in [0.29, 0.717) is 31.3 Å². The van der Waals surface area contributed by atoms with Crippen LogP contribution in [-0.4, -0.2) is 65.5 Å². The predicted octanol–water partition coefficient (Wildman–Crippen LogP) is 2.39. The minimum absolute atomic E-state index is 0.0635. The number of carbonyl (C=O) groups excluding carboxylic acids is 1. The lowest BCUT2D eigenvalue weighted by Gasteiger charge is -2.36. The average molecular weight is 399 g/mol. The molecule has 1 aliphatic rings. The summed E-state index contributed by atoms with van der Waals surface area (Å²) in [6.07, 6.45) is 3.42. The number of amides is 1. The summed E-state index contributed by atoms with van der Waals surface area (Å²) in [5, 5.41) is 3.34. The second kappa shape index (κ2) is 9.95. The number of aromatic nitrogens is 1. The van der Waals surface area contributed by atoms with Crippen LogP contribution in [0, 0.1) is 0 Å². The Hall–Kier alpha value is -3.03. The van der Waals surface area contributed by atoms with Gasteiger partial charge in [0.1, 0.15) is 0 Å². The molecule has 156 valence electrons. The van der Waals surface area contributed by atoms with Crippen LogP contribution in [0.5, 0.6) is 5.88 Å². The largest absolute Gasteiger partial charge is 0.475 e. The van der Waals surface area contributed by atoms with E-state index in [4.69, 9.17) is 14.1 Å². The predicted molar refractivity (Wildman–Crippen MR) is 111 cm³/mol. The number of nitrogens with one attached hydrogen (secondary N) is 1. The zero-order chi connectivity index (χ0) is 20.6. The Labute approximate surface area is 171 Å². The molecular formula is C21H29N5O3. The molecule has 0 aromatic carbocycles. The molecule has 1 amide bonds. The van der Waals surface area contributed by atoms with Crippen LogP contribution in [0.15, 0.2) is 46.1 Å². The van der Waals surface area contributed by atoms with Crippen molar-refractivity contribution in [2.24, 2.45) is 4.99 Å². The SMILES string of the molecule is CCNC(=NCc1ccc(OC(C)C)nc1)N1CCN(C(=O)c2ccco2)CC1. The number of ether oxygens (including phenoxy) is 1. The summed E-state index contributed by atoms with van der Waals surface area (Å²) in [4.78, 5) is 25.5. The summed E-state index contributed by atoms with van der Waals surface area (Å²) in [5.41, 5.74) is 1.02. The molecule has 29 heavy (non-hydrogen) atoms. The lowest BCUT2D eigenvalue weighted by atomic mass is 10.3. The molecule has 0 unspecified atom stereocenters. The Morgan fingerprint density at radius 1 is 1.24 bits per heavy atom. The fourth-order valence-corrected chi connectivity index (χ4v) is 3.09. The van der Waals surface area contributed by atoms with Gasteiger partial charge in [0.15, 0.2) is 11.7 Å². The van der Waals surface area contributed by atoms with Crippen molar-refractivity contribution in [3.63, 3.8) is 0 Å². The van der Waals surface area contributed by atoms with Gasteiger partial charge in [-0.05, 0) is 38.5 Å². The Morgan fingerprint density at radius 2 is 2.00 bits per heavy atom. The van der Waals surface area contributed by atoms with Gasteiger partial charge in [-0.15, -0.1) is 0 Å². The third-order valence-electron chi connectivity index (χ3n) is 4.50. The number of hydrogen-bond donors (Lipinski definition) is 1. The molecule has 0 spiro atoms. The Morgan fingerprint density at radius 3 is 2.59 bits per heavy atom. The summed E-state index contributed by atoms with van der Waals surface area (Å²) >= 11 is 0. The maximum Gasteiger partial charge on any atom is 0.289 e. The van der Waals surface area contributed by atoms with E-state index in [1.165, 1.54) is 6.26 Å². The second-order valence-corrected chi connectivity index (χ2v) is 7.10. The van der Waals surface area contributed by atoms with Crippen molar-refractivity contribution in [2.45, 2.75) is 33.4 Å². The Bertz CT molecular complexity index is 794. The van der Waals surface area contributed by atoms with Crippen LogP contribution in [0.3, 0.4) is 0 Å². The Kier molecular flexibility index (Phi) is 7.10. The first kappa shape index (κ1) is 20.7. The topological polar surface area (TPSA) is 83.2 Å². The van der Waals surface area contributed by atoms with Crippen molar-refractivity contribution in [1.82, 2.24) is 20.1 Å². The van der Waals surface area contributed by atoms with Gasteiger partial charge in [-0.25, -0.2) is 9.98 Å². The highest BCUT2D eigenvalue weighted by atomic mass is 16.5. The molecular weight excluding hydrogens is 370 g/mol. The third kappa shape index (κ3) is 5.73. The van der Waals surface area contributed by atoms with Crippen LogP contribution in [0.4, 0.5) is 0 Å². The van der Waals surface area contributed by atoms with E-state index in [1.807, 2.05) is 37.8 Å². The third-order valence-corrected chi connectivity index (χ3v) is 4.50. The van der Waals surface area contributed by atoms with E-state index in [1.54, 1.807) is 18.3 Å². The van der Waals surface area contributed by atoms with Crippen LogP contribution in [0.1, 0.15) is 36.9 Å². The number of nitrogens with zero attached hydrogens (tertiary/aromatic N) is 4. The van der Waals surface area contributed by atoms with Crippen molar-refractivity contribution < 1.29 is 13.9 Å². The Balaban J connectivity index is 1.57. The van der Waals surface area contributed by atoms with Gasteiger partial charge < -0.3 is 24.3 Å². The molecule has 8 nitrogen and oxygen atoms in total. The quantitative estimate of drug-likeness (QED) is 0.593. The van der Waals surface area contributed by atoms with E-state index >= 15 is 0 Å². The number of piperazine rings is 1. The molecule has 2 aromatic heterocycles. The molecule has 1 N–H and O–H groups in total. The zero-order valence-electron chi connectivity index (χ0n) is 17.3. The first-order chi connectivity index (χ1) is 14.1. The van der Waals surface area contributed by atoms with Crippen molar-refractivity contribution in [1.29, 1.82) is 0 Å². The molecule has 3 heterocycles. The molecule has 0 radical (unpaired) electrons. The number of pyridine rings is 1. The first-order valence-corrected chi connectivity index (χ1v) is 10.0. The zero-order valence-corrected chi connectivity index (χ0v) is 17.3. The monoisotopic (exact) mass is 399 g/mol. The molecule has 1 saturated heterocycles. The maximum absolute atomic E-state index is 12.4. The van der Waals surface area contributed by atoms with Crippen molar-refractivity contribution in [2.75, 3.05) is 32.7 Å². The van der Waals surface area contributed by atoms with Crippen LogP contribution in [-0.2, 0) is 6.54 Å². The van der Waals surface area contributed by atoms with Crippen LogP contribution < -0.4 is 10.1 Å². The number of aliphatic imine (C=N–C) groups is 1. The maximum atomic E-state index is 12.4. The van der Waals surface area contributed by atoms with Gasteiger partial charge in [-0.1, -0.05) is 6.07 Å². The van der Waals surface area contributed by atoms with Crippen molar-refractivity contribution in [3.05, 3.63) is 48.0 Å². The van der Waals surface area contributed by atoms with Gasteiger partial charge in [-0.2, -0.15) is 0 Å². The summed E-state index contributed by atoms with van der Waals surface area (Å²) in [6, 6.07) is 7.29. The molecule has 1 fully saturated rings. The second-order valence-electron chi connectivity index (χ2n) is 7.10. The van der Waals surface area contributed by atoms with Gasteiger partial charge in [-0.3, -0.25) is 4.79 Å². The summed E-state index contributed by atoms with van der Waals surface area (Å²) < 4.78 is 10.8. The molecule has 0 atom stereocenters. The van der Waals surface area contributed by atoms with Gasteiger partial charge in [0, 0.05) is 45.0 Å².